The second-order valence-corrected chi connectivity index (χ2v) is 5.96. The van der Waals surface area contributed by atoms with E-state index in [1.165, 1.54) is 6.07 Å². The van der Waals surface area contributed by atoms with E-state index >= 15 is 0 Å². The molecule has 0 aromatic heterocycles. The van der Waals surface area contributed by atoms with Crippen LogP contribution in [0.2, 0.25) is 5.02 Å². The van der Waals surface area contributed by atoms with Crippen LogP contribution in [0, 0.1) is 5.82 Å². The Balaban J connectivity index is 1.89. The molecule has 4 N–H and O–H groups in total. The molecule has 2 rings (SSSR count). The average Bonchev–Trinajstić information content (AvgIpc) is 2.60. The van der Waals surface area contributed by atoms with E-state index in [9.17, 15) is 19.1 Å². The zero-order valence-corrected chi connectivity index (χ0v) is 14.1. The van der Waals surface area contributed by atoms with Crippen molar-refractivity contribution in [1.82, 2.24) is 5.32 Å². The summed E-state index contributed by atoms with van der Waals surface area (Å²) in [6, 6.07) is 12.0. The molecule has 5 nitrogen and oxygen atoms in total. The summed E-state index contributed by atoms with van der Waals surface area (Å²) in [6.45, 7) is -0.196. The molecule has 0 aliphatic heterocycles. The zero-order valence-electron chi connectivity index (χ0n) is 13.3. The number of nitrogens with two attached hydrogens (primary N) is 1. The first-order valence-corrected chi connectivity index (χ1v) is 8.03. The highest BCUT2D eigenvalue weighted by Crippen LogP contribution is 2.25. The molecular formula is C18H18ClFN2O3. The maximum atomic E-state index is 13.2. The number of benzene rings is 2. The van der Waals surface area contributed by atoms with Crippen LogP contribution in [0.15, 0.2) is 42.5 Å². The number of nitrogens with one attached hydrogen (secondary N) is 1. The van der Waals surface area contributed by atoms with Crippen molar-refractivity contribution < 1.29 is 19.1 Å². The number of aliphatic hydroxyl groups excluding tert-OH is 1. The Morgan fingerprint density at radius 2 is 1.80 bits per heavy atom. The molecule has 0 fully saturated rings. The van der Waals surface area contributed by atoms with Crippen molar-refractivity contribution in [2.45, 2.75) is 18.9 Å². The Hall–Kier alpha value is -2.44. The topological polar surface area (TPSA) is 92.4 Å². The van der Waals surface area contributed by atoms with Crippen molar-refractivity contribution in [2.75, 3.05) is 6.54 Å². The summed E-state index contributed by atoms with van der Waals surface area (Å²) in [7, 11) is 0. The van der Waals surface area contributed by atoms with Crippen LogP contribution in [0.1, 0.15) is 12.0 Å². The second-order valence-electron chi connectivity index (χ2n) is 5.55. The minimum absolute atomic E-state index is 0.0661. The molecule has 0 aliphatic carbocycles. The molecule has 2 aromatic carbocycles. The lowest BCUT2D eigenvalue weighted by atomic mass is 10.0. The van der Waals surface area contributed by atoms with Gasteiger partial charge in [-0.05, 0) is 35.2 Å². The van der Waals surface area contributed by atoms with Crippen LogP contribution in [0.25, 0.3) is 11.1 Å². The van der Waals surface area contributed by atoms with Gasteiger partial charge in [0.2, 0.25) is 11.8 Å². The van der Waals surface area contributed by atoms with Crippen LogP contribution in [0.4, 0.5) is 4.39 Å². The number of carbonyl (C=O) groups is 2. The lowest BCUT2D eigenvalue weighted by molar-refractivity contribution is -0.127. The van der Waals surface area contributed by atoms with Crippen molar-refractivity contribution >= 4 is 23.4 Å². The second kappa shape index (κ2) is 8.60. The summed E-state index contributed by atoms with van der Waals surface area (Å²) >= 11 is 5.78. The zero-order chi connectivity index (χ0) is 18.4. The molecule has 0 heterocycles. The third kappa shape index (κ3) is 5.55. The fraction of sp³-hybridized carbons (Fsp3) is 0.222. The Morgan fingerprint density at radius 3 is 2.40 bits per heavy atom. The first-order valence-electron chi connectivity index (χ1n) is 7.65. The Labute approximate surface area is 149 Å². The van der Waals surface area contributed by atoms with Gasteiger partial charge in [0, 0.05) is 6.42 Å². The minimum atomic E-state index is -1.38. The van der Waals surface area contributed by atoms with E-state index in [4.69, 9.17) is 17.3 Å². The maximum Gasteiger partial charge on any atom is 0.248 e. The van der Waals surface area contributed by atoms with Gasteiger partial charge in [-0.15, -0.1) is 0 Å². The van der Waals surface area contributed by atoms with Crippen molar-refractivity contribution in [3.05, 3.63) is 58.9 Å². The molecular weight excluding hydrogens is 347 g/mol. The number of carbonyl (C=O) groups excluding carboxylic acids is 2. The van der Waals surface area contributed by atoms with Gasteiger partial charge in [-0.1, -0.05) is 41.9 Å². The lowest BCUT2D eigenvalue weighted by Gasteiger charge is -2.09. The number of hydrogen-bond donors (Lipinski definition) is 3. The number of primary amides is 1. The SMILES string of the molecule is NC(=O)C(O)CNC(=O)CCc1ccc(-c2ccc(F)c(Cl)c2)cc1. The van der Waals surface area contributed by atoms with Crippen molar-refractivity contribution in [1.29, 1.82) is 0 Å². The van der Waals surface area contributed by atoms with E-state index in [1.807, 2.05) is 24.3 Å². The van der Waals surface area contributed by atoms with Crippen LogP contribution < -0.4 is 11.1 Å². The maximum absolute atomic E-state index is 13.2. The molecule has 2 amide bonds. The highest BCUT2D eigenvalue weighted by atomic mass is 35.5. The Morgan fingerprint density at radius 1 is 1.16 bits per heavy atom. The molecule has 0 saturated heterocycles. The molecule has 25 heavy (non-hydrogen) atoms. The first-order chi connectivity index (χ1) is 11.9. The van der Waals surface area contributed by atoms with Gasteiger partial charge in [-0.2, -0.15) is 0 Å². The lowest BCUT2D eigenvalue weighted by Crippen LogP contribution is -2.40. The Bertz CT molecular complexity index is 765. The summed E-state index contributed by atoms with van der Waals surface area (Å²) in [5, 5.41) is 11.7. The summed E-state index contributed by atoms with van der Waals surface area (Å²) < 4.78 is 13.2. The molecule has 0 aliphatic rings. The normalized spacial score (nSPS) is 11.8. The summed E-state index contributed by atoms with van der Waals surface area (Å²) in [4.78, 5) is 22.3. The van der Waals surface area contributed by atoms with Gasteiger partial charge in [0.05, 0.1) is 11.6 Å². The van der Waals surface area contributed by atoms with Crippen molar-refractivity contribution in [2.24, 2.45) is 5.73 Å². The van der Waals surface area contributed by atoms with Crippen LogP contribution >= 0.6 is 11.6 Å². The number of amides is 2. The molecule has 0 bridgehead atoms. The van der Waals surface area contributed by atoms with E-state index in [2.05, 4.69) is 5.32 Å². The predicted molar refractivity (Wildman–Crippen MR) is 93.4 cm³/mol. The van der Waals surface area contributed by atoms with Crippen LogP contribution in [0.5, 0.6) is 0 Å². The summed E-state index contributed by atoms with van der Waals surface area (Å²) in [6.07, 6.45) is -0.665. The molecule has 0 spiro atoms. The van der Waals surface area contributed by atoms with Crippen LogP contribution in [0.3, 0.4) is 0 Å². The summed E-state index contributed by atoms with van der Waals surface area (Å²) in [5.41, 5.74) is 7.53. The van der Waals surface area contributed by atoms with Gasteiger partial charge < -0.3 is 16.2 Å². The van der Waals surface area contributed by atoms with Gasteiger partial charge in [0.1, 0.15) is 11.9 Å². The smallest absolute Gasteiger partial charge is 0.248 e. The fourth-order valence-corrected chi connectivity index (χ4v) is 2.38. The first kappa shape index (κ1) is 18.9. The monoisotopic (exact) mass is 364 g/mol. The van der Waals surface area contributed by atoms with E-state index < -0.39 is 17.8 Å². The van der Waals surface area contributed by atoms with Gasteiger partial charge in [-0.25, -0.2) is 4.39 Å². The predicted octanol–water partition coefficient (Wildman–Crippen LogP) is 2.04. The molecule has 7 heteroatoms. The highest BCUT2D eigenvalue weighted by Gasteiger charge is 2.12. The third-order valence-corrected chi connectivity index (χ3v) is 3.96. The fourth-order valence-electron chi connectivity index (χ4n) is 2.20. The average molecular weight is 365 g/mol. The number of aliphatic hydroxyl groups is 1. The van der Waals surface area contributed by atoms with Gasteiger partial charge >= 0.3 is 0 Å². The van der Waals surface area contributed by atoms with E-state index in [-0.39, 0.29) is 23.9 Å². The highest BCUT2D eigenvalue weighted by molar-refractivity contribution is 6.31. The quantitative estimate of drug-likeness (QED) is 0.702. The molecule has 1 atom stereocenters. The van der Waals surface area contributed by atoms with Crippen LogP contribution in [-0.4, -0.2) is 29.6 Å². The van der Waals surface area contributed by atoms with Crippen molar-refractivity contribution in [3.63, 3.8) is 0 Å². The van der Waals surface area contributed by atoms with E-state index in [0.717, 1.165) is 16.7 Å². The minimum Gasteiger partial charge on any atom is -0.381 e. The summed E-state index contributed by atoms with van der Waals surface area (Å²) in [5.74, 6) is -1.62. The van der Waals surface area contributed by atoms with Gasteiger partial charge in [0.25, 0.3) is 0 Å². The number of hydrogen-bond acceptors (Lipinski definition) is 3. The molecule has 132 valence electrons. The number of halogens is 2. The Kier molecular flexibility index (Phi) is 6.50. The standard InChI is InChI=1S/C18H18ClFN2O3/c19-14-9-13(6-7-15(14)20)12-4-1-11(2-5-12)3-8-17(24)22-10-16(23)18(21)25/h1-2,4-7,9,16,23H,3,8,10H2,(H2,21,25)(H,22,24). The molecule has 2 aromatic rings. The largest absolute Gasteiger partial charge is 0.381 e. The van der Waals surface area contributed by atoms with E-state index in [1.54, 1.807) is 12.1 Å². The molecule has 0 radical (unpaired) electrons. The van der Waals surface area contributed by atoms with E-state index in [0.29, 0.717) is 6.42 Å². The van der Waals surface area contributed by atoms with Crippen molar-refractivity contribution in [3.8, 4) is 11.1 Å². The third-order valence-electron chi connectivity index (χ3n) is 3.67. The van der Waals surface area contributed by atoms with Gasteiger partial charge in [-0.3, -0.25) is 9.59 Å². The van der Waals surface area contributed by atoms with Gasteiger partial charge in [0.15, 0.2) is 0 Å². The molecule has 0 saturated carbocycles. The number of aryl methyl sites for hydroxylation is 1. The number of rotatable bonds is 7. The van der Waals surface area contributed by atoms with Crippen LogP contribution in [-0.2, 0) is 16.0 Å². The molecule has 1 unspecified atom stereocenters.